The maximum Gasteiger partial charge on any atom is 0.321 e. The van der Waals surface area contributed by atoms with Gasteiger partial charge in [0.05, 0.1) is 17.1 Å². The summed E-state index contributed by atoms with van der Waals surface area (Å²) >= 11 is 1.10. The average Bonchev–Trinajstić information content (AvgIpc) is 3.23. The number of H-pyrrole nitrogens is 1. The van der Waals surface area contributed by atoms with Gasteiger partial charge in [-0.25, -0.2) is 14.5 Å². The summed E-state index contributed by atoms with van der Waals surface area (Å²) in [4.78, 5) is 45.4. The maximum atomic E-state index is 12.8. The first kappa shape index (κ1) is 22.3. The van der Waals surface area contributed by atoms with Gasteiger partial charge in [-0.15, -0.1) is 0 Å². The number of fused-ring (bicyclic) bond motifs is 1. The van der Waals surface area contributed by atoms with Gasteiger partial charge in [-0.2, -0.15) is 5.10 Å². The molecule has 1 atom stereocenters. The summed E-state index contributed by atoms with van der Waals surface area (Å²) in [7, 11) is 0. The van der Waals surface area contributed by atoms with Crippen molar-refractivity contribution in [1.29, 1.82) is 0 Å². The van der Waals surface area contributed by atoms with E-state index in [1.54, 1.807) is 11.6 Å². The van der Waals surface area contributed by atoms with Crippen LogP contribution in [0.2, 0.25) is 0 Å². The molecule has 0 spiro atoms. The molecule has 3 aromatic rings. The molecule has 1 aromatic carbocycles. The van der Waals surface area contributed by atoms with E-state index < -0.39 is 17.2 Å². The topological polar surface area (TPSA) is 122 Å². The minimum atomic E-state index is -0.634. The van der Waals surface area contributed by atoms with E-state index in [1.165, 1.54) is 25.5 Å². The molecule has 4 aliphatic rings. The van der Waals surface area contributed by atoms with Crippen molar-refractivity contribution in [2.24, 2.45) is 17.8 Å². The number of nitrogens with zero attached hydrogens (tertiary/aromatic N) is 3. The molecular weight excluding hydrogens is 464 g/mol. The van der Waals surface area contributed by atoms with Crippen LogP contribution in [-0.2, 0) is 4.79 Å². The lowest BCUT2D eigenvalue weighted by Gasteiger charge is -2.56. The first-order chi connectivity index (χ1) is 16.9. The first-order valence-corrected chi connectivity index (χ1v) is 13.1. The number of amides is 3. The number of imide groups is 1. The van der Waals surface area contributed by atoms with E-state index in [2.05, 4.69) is 25.7 Å². The second-order valence-corrected chi connectivity index (χ2v) is 11.7. The molecule has 182 valence electrons. The summed E-state index contributed by atoms with van der Waals surface area (Å²) < 4.78 is 1.60. The van der Waals surface area contributed by atoms with E-state index in [0.29, 0.717) is 33.9 Å². The van der Waals surface area contributed by atoms with Crippen LogP contribution >= 0.6 is 11.8 Å². The minimum absolute atomic E-state index is 0.164. The molecule has 2 heterocycles. The monoisotopic (exact) mass is 492 g/mol. The van der Waals surface area contributed by atoms with Crippen LogP contribution in [0, 0.1) is 17.8 Å². The Morgan fingerprint density at radius 3 is 2.43 bits per heavy atom. The predicted octanol–water partition coefficient (Wildman–Crippen LogP) is 3.38. The van der Waals surface area contributed by atoms with Crippen LogP contribution in [-0.4, -0.2) is 42.5 Å². The van der Waals surface area contributed by atoms with Crippen molar-refractivity contribution in [3.8, 4) is 5.69 Å². The Morgan fingerprint density at radius 2 is 1.77 bits per heavy atom. The van der Waals surface area contributed by atoms with Crippen molar-refractivity contribution in [1.82, 2.24) is 30.4 Å². The quantitative estimate of drug-likeness (QED) is 0.371. The average molecular weight is 493 g/mol. The number of thioether (sulfide) groups is 1. The van der Waals surface area contributed by atoms with Gasteiger partial charge in [-0.1, -0.05) is 30.0 Å². The largest absolute Gasteiger partial charge is 0.332 e. The highest BCUT2D eigenvalue weighted by atomic mass is 32.2. The number of rotatable bonds is 5. The van der Waals surface area contributed by atoms with Crippen molar-refractivity contribution in [3.05, 3.63) is 46.9 Å². The van der Waals surface area contributed by atoms with E-state index in [0.717, 1.165) is 36.7 Å². The van der Waals surface area contributed by atoms with Gasteiger partial charge >= 0.3 is 6.03 Å². The molecule has 7 rings (SSSR count). The molecule has 3 amide bonds. The van der Waals surface area contributed by atoms with E-state index in [9.17, 15) is 14.4 Å². The zero-order valence-electron chi connectivity index (χ0n) is 19.5. The van der Waals surface area contributed by atoms with Crippen molar-refractivity contribution in [2.75, 3.05) is 0 Å². The highest BCUT2D eigenvalue weighted by Gasteiger charge is 2.51. The van der Waals surface area contributed by atoms with E-state index >= 15 is 0 Å². The lowest BCUT2D eigenvalue weighted by atomic mass is 9.53. The SMILES string of the molecule is C[C@H](Sc1nc2c(cnn2-c2ccccc2)c(=O)[nH]1)C(=O)NC(=O)NC12CC3CC(CC(C3)C1)C2. The number of aromatic amines is 1. The fourth-order valence-electron chi connectivity index (χ4n) is 6.68. The third-order valence-corrected chi connectivity index (χ3v) is 8.71. The lowest BCUT2D eigenvalue weighted by Crippen LogP contribution is -2.62. The third-order valence-electron chi connectivity index (χ3n) is 7.73. The van der Waals surface area contributed by atoms with Crippen molar-refractivity contribution < 1.29 is 9.59 Å². The molecule has 0 unspecified atom stereocenters. The summed E-state index contributed by atoms with van der Waals surface area (Å²) in [5, 5.41) is 10.0. The van der Waals surface area contributed by atoms with Crippen LogP contribution in [0.25, 0.3) is 16.7 Å². The summed E-state index contributed by atoms with van der Waals surface area (Å²) in [5.74, 6) is 1.69. The number of carbonyl (C=O) groups excluding carboxylic acids is 2. The Balaban J connectivity index is 1.13. The molecular formula is C25H28N6O3S. The van der Waals surface area contributed by atoms with E-state index in [-0.39, 0.29) is 11.1 Å². The summed E-state index contributed by atoms with van der Waals surface area (Å²) in [6, 6.07) is 8.99. The highest BCUT2D eigenvalue weighted by Crippen LogP contribution is 2.55. The van der Waals surface area contributed by atoms with Crippen LogP contribution in [0.15, 0.2) is 46.5 Å². The third kappa shape index (κ3) is 4.24. The van der Waals surface area contributed by atoms with Gasteiger partial charge in [0.25, 0.3) is 5.56 Å². The number of hydrogen-bond acceptors (Lipinski definition) is 6. The van der Waals surface area contributed by atoms with Gasteiger partial charge in [0.1, 0.15) is 5.39 Å². The molecule has 4 bridgehead atoms. The van der Waals surface area contributed by atoms with Crippen LogP contribution in [0.1, 0.15) is 45.4 Å². The number of para-hydroxylation sites is 1. The molecule has 4 fully saturated rings. The Kier molecular flexibility index (Phi) is 5.43. The standard InChI is InChI=1S/C25H28N6O3S/c1-14(21(32)28-23(34)30-25-10-15-7-16(11-25)9-17(8-15)12-25)35-24-27-20-19(22(33)29-24)13-26-31(20)18-5-3-2-4-6-18/h2-6,13-17H,7-12H2,1H3,(H,27,29,33)(H2,28,30,32,34)/t14-,15?,16?,17?,25?/m0/s1. The molecule has 9 nitrogen and oxygen atoms in total. The number of benzene rings is 1. The Morgan fingerprint density at radius 1 is 1.11 bits per heavy atom. The van der Waals surface area contributed by atoms with Gasteiger partial charge in [0.15, 0.2) is 10.8 Å². The van der Waals surface area contributed by atoms with Crippen LogP contribution in [0.5, 0.6) is 0 Å². The van der Waals surface area contributed by atoms with E-state index in [1.807, 2.05) is 30.3 Å². The first-order valence-electron chi connectivity index (χ1n) is 12.2. The molecule has 2 aromatic heterocycles. The Bertz CT molecular complexity index is 1310. The number of urea groups is 1. The maximum absolute atomic E-state index is 12.8. The smallest absolute Gasteiger partial charge is 0.321 e. The number of aromatic nitrogens is 4. The van der Waals surface area contributed by atoms with Crippen LogP contribution in [0.4, 0.5) is 4.79 Å². The zero-order valence-corrected chi connectivity index (χ0v) is 20.3. The normalized spacial score (nSPS) is 27.6. The van der Waals surface area contributed by atoms with Crippen LogP contribution in [0.3, 0.4) is 0 Å². The summed E-state index contributed by atoms with van der Waals surface area (Å²) in [5.41, 5.74) is 0.702. The molecule has 0 saturated heterocycles. The summed E-state index contributed by atoms with van der Waals surface area (Å²) in [6.07, 6.45) is 8.39. The molecule has 0 radical (unpaired) electrons. The predicted molar refractivity (Wildman–Crippen MR) is 132 cm³/mol. The summed E-state index contributed by atoms with van der Waals surface area (Å²) in [6.45, 7) is 1.69. The minimum Gasteiger partial charge on any atom is -0.332 e. The van der Waals surface area contributed by atoms with Gasteiger partial charge in [-0.3, -0.25) is 14.9 Å². The second kappa shape index (κ2) is 8.51. The second-order valence-electron chi connectivity index (χ2n) is 10.4. The fraction of sp³-hybridized carbons (Fsp3) is 0.480. The molecule has 0 aliphatic heterocycles. The molecule has 10 heteroatoms. The van der Waals surface area contributed by atoms with Crippen molar-refractivity contribution in [3.63, 3.8) is 0 Å². The van der Waals surface area contributed by atoms with Gasteiger partial charge in [0, 0.05) is 5.54 Å². The number of carbonyl (C=O) groups is 2. The van der Waals surface area contributed by atoms with Crippen molar-refractivity contribution in [2.45, 2.75) is 61.4 Å². The lowest BCUT2D eigenvalue weighted by molar-refractivity contribution is -0.119. The fourth-order valence-corrected chi connectivity index (χ4v) is 7.47. The number of hydrogen-bond donors (Lipinski definition) is 3. The molecule has 35 heavy (non-hydrogen) atoms. The molecule has 3 N–H and O–H groups in total. The van der Waals surface area contributed by atoms with Crippen molar-refractivity contribution >= 4 is 34.7 Å². The van der Waals surface area contributed by atoms with E-state index in [4.69, 9.17) is 0 Å². The molecule has 4 saturated carbocycles. The Labute approximate surface area is 206 Å². The number of nitrogens with one attached hydrogen (secondary N) is 3. The molecule has 4 aliphatic carbocycles. The zero-order chi connectivity index (χ0) is 24.2. The van der Waals surface area contributed by atoms with Gasteiger partial charge in [0.2, 0.25) is 5.91 Å². The van der Waals surface area contributed by atoms with Crippen LogP contribution < -0.4 is 16.2 Å². The van der Waals surface area contributed by atoms with Gasteiger partial charge in [-0.05, 0) is 75.3 Å². The highest BCUT2D eigenvalue weighted by molar-refractivity contribution is 8.00. The Hall–Kier alpha value is -3.14. The van der Waals surface area contributed by atoms with Gasteiger partial charge < -0.3 is 10.3 Å².